The smallest absolute Gasteiger partial charge is 0.122 e. The van der Waals surface area contributed by atoms with E-state index < -0.39 is 0 Å². The highest BCUT2D eigenvalue weighted by atomic mass is 32.1. The highest BCUT2D eigenvalue weighted by Crippen LogP contribution is 2.37. The van der Waals surface area contributed by atoms with E-state index in [1.807, 2.05) is 18.4 Å². The molecule has 1 aromatic heterocycles. The number of aromatic nitrogens is 1. The van der Waals surface area contributed by atoms with Gasteiger partial charge in [-0.05, 0) is 32.7 Å². The number of rotatable bonds is 4. The summed E-state index contributed by atoms with van der Waals surface area (Å²) in [5.41, 5.74) is 1.29. The number of aryl methyl sites for hydroxylation is 1. The third kappa shape index (κ3) is 2.14. The Morgan fingerprint density at radius 2 is 2.44 bits per heavy atom. The molecule has 0 fully saturated rings. The van der Waals surface area contributed by atoms with Gasteiger partial charge in [-0.15, -0.1) is 11.3 Å². The maximum Gasteiger partial charge on any atom is 0.122 e. The first-order valence-electron chi connectivity index (χ1n) is 5.99. The molecule has 0 bridgehead atoms. The van der Waals surface area contributed by atoms with E-state index in [0.717, 1.165) is 17.8 Å². The van der Waals surface area contributed by atoms with Gasteiger partial charge in [0.25, 0.3) is 0 Å². The summed E-state index contributed by atoms with van der Waals surface area (Å²) < 4.78 is 5.46. The normalized spacial score (nSPS) is 21.8. The van der Waals surface area contributed by atoms with Crippen LogP contribution in [-0.4, -0.2) is 19.1 Å². The van der Waals surface area contributed by atoms with Crippen LogP contribution in [0.2, 0.25) is 0 Å². The molecule has 0 radical (unpaired) electrons. The average Bonchev–Trinajstić information content (AvgIpc) is 2.73. The molecule has 0 saturated carbocycles. The molecule has 90 valence electrons. The average molecular weight is 240 g/mol. The van der Waals surface area contributed by atoms with Crippen molar-refractivity contribution in [2.75, 3.05) is 14.2 Å². The minimum Gasteiger partial charge on any atom is -0.374 e. The summed E-state index contributed by atoms with van der Waals surface area (Å²) in [6.45, 7) is 2.14. The van der Waals surface area contributed by atoms with Crippen molar-refractivity contribution < 1.29 is 4.74 Å². The molecule has 1 aliphatic rings. The van der Waals surface area contributed by atoms with Crippen LogP contribution >= 0.6 is 11.3 Å². The molecule has 0 aromatic carbocycles. The Labute approximate surface area is 101 Å². The van der Waals surface area contributed by atoms with Gasteiger partial charge in [0.15, 0.2) is 0 Å². The van der Waals surface area contributed by atoms with E-state index >= 15 is 0 Å². The van der Waals surface area contributed by atoms with Crippen molar-refractivity contribution in [1.82, 2.24) is 10.3 Å². The third-order valence-electron chi connectivity index (χ3n) is 3.25. The van der Waals surface area contributed by atoms with Gasteiger partial charge in [-0.25, -0.2) is 4.98 Å². The molecule has 3 nitrogen and oxygen atoms in total. The van der Waals surface area contributed by atoms with Crippen molar-refractivity contribution in [1.29, 1.82) is 0 Å². The Bertz CT molecular complexity index is 347. The van der Waals surface area contributed by atoms with E-state index in [1.165, 1.54) is 23.4 Å². The lowest BCUT2D eigenvalue weighted by Gasteiger charge is -2.20. The van der Waals surface area contributed by atoms with E-state index in [4.69, 9.17) is 9.72 Å². The number of ether oxygens (including phenoxy) is 1. The van der Waals surface area contributed by atoms with E-state index in [0.29, 0.717) is 6.04 Å². The zero-order valence-corrected chi connectivity index (χ0v) is 11.1. The predicted molar refractivity (Wildman–Crippen MR) is 66.9 cm³/mol. The SMILES string of the molecule is CCC(OC)c1nc2c(s1)C(NC)CCC2. The zero-order valence-electron chi connectivity index (χ0n) is 10.2. The van der Waals surface area contributed by atoms with Gasteiger partial charge in [0.2, 0.25) is 0 Å². The van der Waals surface area contributed by atoms with Gasteiger partial charge in [0.1, 0.15) is 11.1 Å². The van der Waals surface area contributed by atoms with Gasteiger partial charge in [-0.3, -0.25) is 0 Å². The Balaban J connectivity index is 2.27. The molecular weight excluding hydrogens is 220 g/mol. The highest BCUT2D eigenvalue weighted by Gasteiger charge is 2.25. The molecule has 1 aliphatic carbocycles. The van der Waals surface area contributed by atoms with Gasteiger partial charge in [-0.2, -0.15) is 0 Å². The van der Waals surface area contributed by atoms with E-state index in [-0.39, 0.29) is 6.10 Å². The first kappa shape index (κ1) is 12.0. The van der Waals surface area contributed by atoms with Crippen LogP contribution in [0, 0.1) is 0 Å². The first-order chi connectivity index (χ1) is 7.80. The zero-order chi connectivity index (χ0) is 11.5. The first-order valence-corrected chi connectivity index (χ1v) is 6.81. The molecule has 4 heteroatoms. The molecular formula is C12H20N2OS. The predicted octanol–water partition coefficient (Wildman–Crippen LogP) is 2.84. The fourth-order valence-corrected chi connectivity index (χ4v) is 3.71. The number of hydrogen-bond acceptors (Lipinski definition) is 4. The monoisotopic (exact) mass is 240 g/mol. The van der Waals surface area contributed by atoms with E-state index in [2.05, 4.69) is 12.2 Å². The summed E-state index contributed by atoms with van der Waals surface area (Å²) in [7, 11) is 3.80. The lowest BCUT2D eigenvalue weighted by molar-refractivity contribution is 0.0996. The van der Waals surface area contributed by atoms with Crippen LogP contribution in [0.4, 0.5) is 0 Å². The highest BCUT2D eigenvalue weighted by molar-refractivity contribution is 7.11. The molecule has 0 spiro atoms. The number of nitrogens with zero attached hydrogens (tertiary/aromatic N) is 1. The summed E-state index contributed by atoms with van der Waals surface area (Å²) in [5, 5.41) is 4.53. The topological polar surface area (TPSA) is 34.1 Å². The maximum absolute atomic E-state index is 5.46. The van der Waals surface area contributed by atoms with Gasteiger partial charge >= 0.3 is 0 Å². The minimum absolute atomic E-state index is 0.174. The van der Waals surface area contributed by atoms with Crippen molar-refractivity contribution in [3.63, 3.8) is 0 Å². The number of methoxy groups -OCH3 is 1. The number of fused-ring (bicyclic) bond motifs is 1. The van der Waals surface area contributed by atoms with E-state index in [9.17, 15) is 0 Å². The molecule has 2 atom stereocenters. The Kier molecular flexibility index (Phi) is 3.95. The largest absolute Gasteiger partial charge is 0.374 e. The Morgan fingerprint density at radius 1 is 1.62 bits per heavy atom. The van der Waals surface area contributed by atoms with Gasteiger partial charge in [-0.1, -0.05) is 6.92 Å². The van der Waals surface area contributed by atoms with Gasteiger partial charge in [0.05, 0.1) is 5.69 Å². The summed E-state index contributed by atoms with van der Waals surface area (Å²) in [6.07, 6.45) is 4.77. The van der Waals surface area contributed by atoms with Crippen LogP contribution < -0.4 is 5.32 Å². The van der Waals surface area contributed by atoms with Crippen molar-refractivity contribution in [3.05, 3.63) is 15.6 Å². The Morgan fingerprint density at radius 3 is 3.06 bits per heavy atom. The lowest BCUT2D eigenvalue weighted by Crippen LogP contribution is -2.19. The van der Waals surface area contributed by atoms with Crippen LogP contribution in [0.3, 0.4) is 0 Å². The van der Waals surface area contributed by atoms with Crippen molar-refractivity contribution in [2.45, 2.75) is 44.8 Å². The molecule has 16 heavy (non-hydrogen) atoms. The van der Waals surface area contributed by atoms with Crippen LogP contribution in [0.15, 0.2) is 0 Å². The molecule has 0 aliphatic heterocycles. The van der Waals surface area contributed by atoms with Crippen molar-refractivity contribution in [2.24, 2.45) is 0 Å². The van der Waals surface area contributed by atoms with Crippen molar-refractivity contribution >= 4 is 11.3 Å². The Hall–Kier alpha value is -0.450. The second-order valence-electron chi connectivity index (χ2n) is 4.23. The molecule has 1 aromatic rings. The van der Waals surface area contributed by atoms with Crippen LogP contribution in [0.25, 0.3) is 0 Å². The third-order valence-corrected chi connectivity index (χ3v) is 4.55. The van der Waals surface area contributed by atoms with E-state index in [1.54, 1.807) is 7.11 Å². The van der Waals surface area contributed by atoms with Crippen LogP contribution in [0.1, 0.15) is 53.9 Å². The molecule has 2 unspecified atom stereocenters. The second-order valence-corrected chi connectivity index (χ2v) is 5.29. The summed E-state index contributed by atoms with van der Waals surface area (Å²) in [5.74, 6) is 0. The minimum atomic E-state index is 0.174. The molecule has 0 saturated heterocycles. The standard InChI is InChI=1S/C12H20N2OS/c1-4-10(15-3)12-14-9-7-5-6-8(13-2)11(9)16-12/h8,10,13H,4-7H2,1-3H3. The number of nitrogens with one attached hydrogen (secondary N) is 1. The lowest BCUT2D eigenvalue weighted by atomic mass is 9.98. The fraction of sp³-hybridized carbons (Fsp3) is 0.750. The van der Waals surface area contributed by atoms with Crippen molar-refractivity contribution in [3.8, 4) is 0 Å². The van der Waals surface area contributed by atoms with Gasteiger partial charge < -0.3 is 10.1 Å². The molecule has 0 amide bonds. The van der Waals surface area contributed by atoms with Crippen LogP contribution in [0.5, 0.6) is 0 Å². The molecule has 2 rings (SSSR count). The van der Waals surface area contributed by atoms with Gasteiger partial charge in [0, 0.05) is 18.0 Å². The number of thiazole rings is 1. The van der Waals surface area contributed by atoms with Crippen LogP contribution in [-0.2, 0) is 11.2 Å². The molecule has 1 heterocycles. The quantitative estimate of drug-likeness (QED) is 0.878. The summed E-state index contributed by atoms with van der Waals surface area (Å²) in [4.78, 5) is 6.17. The fourth-order valence-electron chi connectivity index (χ4n) is 2.29. The molecule has 1 N–H and O–H groups in total. The maximum atomic E-state index is 5.46. The summed E-state index contributed by atoms with van der Waals surface area (Å²) in [6, 6.07) is 0.504. The second kappa shape index (κ2) is 5.25. The summed E-state index contributed by atoms with van der Waals surface area (Å²) >= 11 is 1.83. The number of hydrogen-bond donors (Lipinski definition) is 1.